The van der Waals surface area contributed by atoms with Crippen LogP contribution in [0.15, 0.2) is 41.3 Å². The number of rotatable bonds is 8. The van der Waals surface area contributed by atoms with Crippen LogP contribution in [0.5, 0.6) is 5.75 Å². The van der Waals surface area contributed by atoms with Crippen LogP contribution in [0.1, 0.15) is 43.5 Å². The molecule has 0 radical (unpaired) electrons. The second-order valence-corrected chi connectivity index (χ2v) is 11.5. The SMILES string of the molecule is CCCN(C)S(=O)(=O)c1ccc(OCC)c(N2C3CCC2CN(C(=O)c2ccc(F)cc2Cl)C3)c1. The second-order valence-electron chi connectivity index (χ2n) is 9.02. The molecule has 0 N–H and O–H groups in total. The fourth-order valence-electron chi connectivity index (χ4n) is 5.05. The van der Waals surface area contributed by atoms with Gasteiger partial charge in [-0.2, -0.15) is 0 Å². The number of nitrogens with zero attached hydrogens (tertiary/aromatic N) is 3. The summed E-state index contributed by atoms with van der Waals surface area (Å²) in [5.41, 5.74) is 1.01. The maximum absolute atomic E-state index is 13.5. The zero-order valence-electron chi connectivity index (χ0n) is 20.2. The van der Waals surface area contributed by atoms with Gasteiger partial charge >= 0.3 is 0 Å². The van der Waals surface area contributed by atoms with Gasteiger partial charge < -0.3 is 14.5 Å². The van der Waals surface area contributed by atoms with E-state index in [0.29, 0.717) is 32.0 Å². The summed E-state index contributed by atoms with van der Waals surface area (Å²) in [6.45, 7) is 5.63. The molecule has 10 heteroatoms. The molecule has 2 atom stereocenters. The topological polar surface area (TPSA) is 70.2 Å². The molecule has 2 saturated heterocycles. The van der Waals surface area contributed by atoms with Crippen LogP contribution in [0.3, 0.4) is 0 Å². The number of anilines is 1. The first-order valence-electron chi connectivity index (χ1n) is 11.9. The third-order valence-electron chi connectivity index (χ3n) is 6.69. The molecule has 2 unspecified atom stereocenters. The van der Waals surface area contributed by atoms with Crippen LogP contribution in [0.25, 0.3) is 0 Å². The molecule has 2 aliphatic rings. The molecule has 0 spiro atoms. The van der Waals surface area contributed by atoms with Crippen molar-refractivity contribution in [1.82, 2.24) is 9.21 Å². The van der Waals surface area contributed by atoms with Crippen molar-refractivity contribution in [2.24, 2.45) is 0 Å². The molecule has 0 saturated carbocycles. The molecular weight excluding hydrogens is 493 g/mol. The average Bonchev–Trinajstić information content (AvgIpc) is 3.07. The Labute approximate surface area is 211 Å². The number of sulfonamides is 1. The fraction of sp³-hybridized carbons (Fsp3) is 0.480. The van der Waals surface area contributed by atoms with E-state index in [9.17, 15) is 17.6 Å². The van der Waals surface area contributed by atoms with Crippen molar-refractivity contribution in [1.29, 1.82) is 0 Å². The smallest absolute Gasteiger partial charge is 0.255 e. The maximum Gasteiger partial charge on any atom is 0.255 e. The molecule has 2 fully saturated rings. The lowest BCUT2D eigenvalue weighted by Crippen LogP contribution is -2.55. The third-order valence-corrected chi connectivity index (χ3v) is 8.85. The molecule has 190 valence electrons. The van der Waals surface area contributed by atoms with Gasteiger partial charge in [0, 0.05) is 38.8 Å². The molecular formula is C25H31ClFN3O4S. The minimum Gasteiger partial charge on any atom is -0.492 e. The van der Waals surface area contributed by atoms with E-state index in [1.54, 1.807) is 30.1 Å². The van der Waals surface area contributed by atoms with Gasteiger partial charge in [0.1, 0.15) is 11.6 Å². The molecule has 2 bridgehead atoms. The monoisotopic (exact) mass is 523 g/mol. The Morgan fingerprint density at radius 3 is 2.43 bits per heavy atom. The lowest BCUT2D eigenvalue weighted by molar-refractivity contribution is 0.0718. The van der Waals surface area contributed by atoms with Crippen molar-refractivity contribution in [3.63, 3.8) is 0 Å². The van der Waals surface area contributed by atoms with Gasteiger partial charge in [-0.05, 0) is 62.6 Å². The zero-order valence-corrected chi connectivity index (χ0v) is 21.8. The number of carbonyl (C=O) groups excluding carboxylic acids is 1. The first-order valence-corrected chi connectivity index (χ1v) is 13.7. The summed E-state index contributed by atoms with van der Waals surface area (Å²) in [6.07, 6.45) is 2.45. The van der Waals surface area contributed by atoms with Crippen LogP contribution >= 0.6 is 11.6 Å². The Morgan fingerprint density at radius 1 is 1.14 bits per heavy atom. The van der Waals surface area contributed by atoms with E-state index in [2.05, 4.69) is 4.90 Å². The molecule has 4 rings (SSSR count). The van der Waals surface area contributed by atoms with Crippen LogP contribution in [0.4, 0.5) is 10.1 Å². The van der Waals surface area contributed by atoms with Crippen LogP contribution in [-0.4, -0.2) is 68.9 Å². The van der Waals surface area contributed by atoms with E-state index in [1.807, 2.05) is 13.8 Å². The van der Waals surface area contributed by atoms with Crippen molar-refractivity contribution in [3.8, 4) is 5.75 Å². The van der Waals surface area contributed by atoms with Gasteiger partial charge in [-0.1, -0.05) is 18.5 Å². The summed E-state index contributed by atoms with van der Waals surface area (Å²) in [5, 5.41) is 0.0949. The molecule has 2 heterocycles. The number of fused-ring (bicyclic) bond motifs is 2. The predicted molar refractivity (Wildman–Crippen MR) is 134 cm³/mol. The van der Waals surface area contributed by atoms with Crippen molar-refractivity contribution in [3.05, 3.63) is 52.8 Å². The predicted octanol–water partition coefficient (Wildman–Crippen LogP) is 4.40. The van der Waals surface area contributed by atoms with Crippen LogP contribution in [-0.2, 0) is 10.0 Å². The first kappa shape index (κ1) is 25.7. The first-order chi connectivity index (χ1) is 16.7. The van der Waals surface area contributed by atoms with E-state index in [-0.39, 0.29) is 33.5 Å². The summed E-state index contributed by atoms with van der Waals surface area (Å²) >= 11 is 6.14. The molecule has 0 aliphatic carbocycles. The number of hydrogen-bond donors (Lipinski definition) is 0. The highest BCUT2D eigenvalue weighted by molar-refractivity contribution is 7.89. The largest absolute Gasteiger partial charge is 0.492 e. The van der Waals surface area contributed by atoms with Crippen molar-refractivity contribution in [2.45, 2.75) is 50.1 Å². The Hall–Kier alpha value is -2.36. The number of piperazine rings is 1. The van der Waals surface area contributed by atoms with Gasteiger partial charge in [0.25, 0.3) is 5.91 Å². The summed E-state index contributed by atoms with van der Waals surface area (Å²) in [6, 6.07) is 8.82. The summed E-state index contributed by atoms with van der Waals surface area (Å²) in [4.78, 5) is 17.4. The highest BCUT2D eigenvalue weighted by Crippen LogP contribution is 2.41. The Balaban J connectivity index is 1.64. The van der Waals surface area contributed by atoms with Crippen LogP contribution < -0.4 is 9.64 Å². The lowest BCUT2D eigenvalue weighted by Gasteiger charge is -2.43. The van der Waals surface area contributed by atoms with E-state index in [4.69, 9.17) is 16.3 Å². The minimum absolute atomic E-state index is 0.00227. The van der Waals surface area contributed by atoms with E-state index < -0.39 is 15.8 Å². The number of carbonyl (C=O) groups is 1. The third kappa shape index (κ3) is 4.99. The molecule has 1 amide bonds. The van der Waals surface area contributed by atoms with Gasteiger partial charge in [-0.25, -0.2) is 17.1 Å². The summed E-state index contributed by atoms with van der Waals surface area (Å²) in [7, 11) is -2.05. The number of ether oxygens (including phenoxy) is 1. The number of hydrogen-bond acceptors (Lipinski definition) is 5. The Kier molecular flexibility index (Phi) is 7.59. The standard InChI is InChI=1S/C25H31ClFN3O4S/c1-4-12-28(3)35(32,33)20-9-11-24(34-5-2)23(14-20)30-18-7-8-19(30)16-29(15-18)25(31)21-10-6-17(27)13-22(21)26/h6,9-11,13-14,18-19H,4-5,7-8,12,15-16H2,1-3H3. The van der Waals surface area contributed by atoms with Gasteiger partial charge in [0.2, 0.25) is 10.0 Å². The molecule has 7 nitrogen and oxygen atoms in total. The Bertz CT molecular complexity index is 1200. The van der Waals surface area contributed by atoms with Crippen molar-refractivity contribution in [2.75, 3.05) is 38.2 Å². The quantitative estimate of drug-likeness (QED) is 0.513. The second kappa shape index (κ2) is 10.3. The average molecular weight is 524 g/mol. The number of halogens is 2. The fourth-order valence-corrected chi connectivity index (χ4v) is 6.58. The van der Waals surface area contributed by atoms with E-state index >= 15 is 0 Å². The van der Waals surface area contributed by atoms with Gasteiger partial charge in [-0.3, -0.25) is 4.79 Å². The molecule has 35 heavy (non-hydrogen) atoms. The number of amides is 1. The minimum atomic E-state index is -3.64. The molecule has 2 aromatic carbocycles. The van der Waals surface area contributed by atoms with Gasteiger partial charge in [-0.15, -0.1) is 0 Å². The lowest BCUT2D eigenvalue weighted by atomic mass is 10.1. The summed E-state index contributed by atoms with van der Waals surface area (Å²) in [5.74, 6) is -0.0868. The molecule has 2 aromatic rings. The van der Waals surface area contributed by atoms with Gasteiger partial charge in [0.15, 0.2) is 0 Å². The molecule has 0 aromatic heterocycles. The number of benzene rings is 2. The summed E-state index contributed by atoms with van der Waals surface area (Å²) < 4.78 is 47.0. The highest BCUT2D eigenvalue weighted by atomic mass is 35.5. The number of likely N-dealkylation sites (tertiary alicyclic amines) is 1. The molecule has 2 aliphatic heterocycles. The highest BCUT2D eigenvalue weighted by Gasteiger charge is 2.43. The normalized spacial score (nSPS) is 19.9. The maximum atomic E-state index is 13.5. The van der Waals surface area contributed by atoms with Crippen molar-refractivity contribution < 1.29 is 22.3 Å². The van der Waals surface area contributed by atoms with Crippen LogP contribution in [0.2, 0.25) is 5.02 Å². The van der Waals surface area contributed by atoms with E-state index in [0.717, 1.165) is 31.0 Å². The van der Waals surface area contributed by atoms with Crippen molar-refractivity contribution >= 4 is 33.2 Å². The van der Waals surface area contributed by atoms with Gasteiger partial charge in [0.05, 0.1) is 27.8 Å². The zero-order chi connectivity index (χ0) is 25.3. The van der Waals surface area contributed by atoms with E-state index in [1.165, 1.54) is 16.4 Å². The Morgan fingerprint density at radius 2 is 1.83 bits per heavy atom. The van der Waals surface area contributed by atoms with Crippen LogP contribution in [0, 0.1) is 5.82 Å².